The molecular formula is C25H20BrClN4O4S2. The predicted molar refractivity (Wildman–Crippen MR) is 151 cm³/mol. The number of hydrazone groups is 1. The molecule has 0 aliphatic heterocycles. The van der Waals surface area contributed by atoms with Crippen LogP contribution in [-0.4, -0.2) is 39.6 Å². The van der Waals surface area contributed by atoms with E-state index in [0.717, 1.165) is 36.6 Å². The number of amides is 1. The standard InChI is InChI=1S/C25H20BrClN4O4S2/c1-35-18-10-13(9-17(26)22(18)33)11-28-30-20(32)12-36-25-29-23-21(16-3-2-4-19(16)37-23)24(34)31(25)15-7-5-14(27)6-8-15/h5-11,33H,2-4,12H2,1H3,(H,30,32). The van der Waals surface area contributed by atoms with Crippen LogP contribution in [0.5, 0.6) is 11.5 Å². The van der Waals surface area contributed by atoms with Gasteiger partial charge in [0.1, 0.15) is 4.83 Å². The lowest BCUT2D eigenvalue weighted by Crippen LogP contribution is -2.24. The number of nitrogens with one attached hydrogen (secondary N) is 1. The molecule has 37 heavy (non-hydrogen) atoms. The van der Waals surface area contributed by atoms with Gasteiger partial charge in [-0.1, -0.05) is 23.4 Å². The molecule has 0 fully saturated rings. The summed E-state index contributed by atoms with van der Waals surface area (Å²) < 4.78 is 7.11. The number of aromatic hydroxyl groups is 1. The number of carbonyl (C=O) groups is 1. The van der Waals surface area contributed by atoms with Crippen LogP contribution < -0.4 is 15.7 Å². The second-order valence-electron chi connectivity index (χ2n) is 8.18. The number of benzene rings is 2. The molecule has 2 heterocycles. The first-order chi connectivity index (χ1) is 17.9. The van der Waals surface area contributed by atoms with Crippen LogP contribution in [0.1, 0.15) is 22.4 Å². The van der Waals surface area contributed by atoms with Gasteiger partial charge in [-0.15, -0.1) is 11.3 Å². The second-order valence-corrected chi connectivity index (χ2v) is 11.5. The molecule has 2 N–H and O–H groups in total. The van der Waals surface area contributed by atoms with Gasteiger partial charge in [-0.25, -0.2) is 10.4 Å². The predicted octanol–water partition coefficient (Wildman–Crippen LogP) is 5.31. The van der Waals surface area contributed by atoms with Crippen molar-refractivity contribution in [3.8, 4) is 17.2 Å². The molecule has 1 aliphatic carbocycles. The summed E-state index contributed by atoms with van der Waals surface area (Å²) in [6.07, 6.45) is 4.32. The average molecular weight is 620 g/mol. The first kappa shape index (κ1) is 25.8. The second kappa shape index (κ2) is 10.9. The Hall–Kier alpha value is -2.86. The number of methoxy groups -OCH3 is 1. The molecule has 4 aromatic rings. The minimum Gasteiger partial charge on any atom is -0.503 e. The minimum absolute atomic E-state index is 0.00341. The smallest absolute Gasteiger partial charge is 0.267 e. The summed E-state index contributed by atoms with van der Waals surface area (Å²) in [5, 5.41) is 15.6. The number of carbonyl (C=O) groups excluding carboxylic acids is 1. The van der Waals surface area contributed by atoms with E-state index in [2.05, 4.69) is 26.5 Å². The van der Waals surface area contributed by atoms with Crippen LogP contribution in [0.25, 0.3) is 15.9 Å². The molecule has 1 amide bonds. The Morgan fingerprint density at radius 2 is 2.14 bits per heavy atom. The Morgan fingerprint density at radius 3 is 2.89 bits per heavy atom. The van der Waals surface area contributed by atoms with Crippen LogP contribution >= 0.6 is 50.6 Å². The SMILES string of the molecule is COc1cc(C=NNC(=O)CSc2nc3sc4c(c3c(=O)n2-c2ccc(Cl)cc2)CCC4)cc(Br)c1O. The third kappa shape index (κ3) is 5.26. The lowest BCUT2D eigenvalue weighted by molar-refractivity contribution is -0.118. The van der Waals surface area contributed by atoms with Crippen molar-refractivity contribution in [2.45, 2.75) is 24.4 Å². The third-order valence-electron chi connectivity index (χ3n) is 5.80. The number of aryl methyl sites for hydroxylation is 2. The molecule has 8 nitrogen and oxygen atoms in total. The summed E-state index contributed by atoms with van der Waals surface area (Å²) >= 11 is 12.0. The average Bonchev–Trinajstić information content (AvgIpc) is 3.47. The van der Waals surface area contributed by atoms with E-state index in [-0.39, 0.29) is 28.7 Å². The number of hydrogen-bond acceptors (Lipinski definition) is 8. The number of fused-ring (bicyclic) bond motifs is 3. The number of aromatic nitrogens is 2. The van der Waals surface area contributed by atoms with E-state index in [4.69, 9.17) is 21.3 Å². The number of thioether (sulfide) groups is 1. The van der Waals surface area contributed by atoms with Gasteiger partial charge >= 0.3 is 0 Å². The summed E-state index contributed by atoms with van der Waals surface area (Å²) in [6, 6.07) is 10.2. The first-order valence-electron chi connectivity index (χ1n) is 11.2. The van der Waals surface area contributed by atoms with Crippen molar-refractivity contribution in [2.24, 2.45) is 5.10 Å². The van der Waals surface area contributed by atoms with Crippen molar-refractivity contribution < 1.29 is 14.6 Å². The highest BCUT2D eigenvalue weighted by atomic mass is 79.9. The fourth-order valence-corrected chi connectivity index (χ4v) is 6.80. The van der Waals surface area contributed by atoms with Crippen LogP contribution in [0.4, 0.5) is 0 Å². The lowest BCUT2D eigenvalue weighted by atomic mass is 10.2. The van der Waals surface area contributed by atoms with Crippen molar-refractivity contribution in [3.05, 3.63) is 72.3 Å². The van der Waals surface area contributed by atoms with Crippen molar-refractivity contribution in [3.63, 3.8) is 0 Å². The number of nitrogens with zero attached hydrogens (tertiary/aromatic N) is 3. The molecule has 0 spiro atoms. The maximum absolute atomic E-state index is 13.7. The van der Waals surface area contributed by atoms with Crippen molar-refractivity contribution in [1.29, 1.82) is 0 Å². The topological polar surface area (TPSA) is 106 Å². The zero-order valence-electron chi connectivity index (χ0n) is 19.5. The van der Waals surface area contributed by atoms with Gasteiger partial charge in [0.2, 0.25) is 0 Å². The number of ether oxygens (including phenoxy) is 1. The third-order valence-corrected chi connectivity index (χ3v) is 8.78. The van der Waals surface area contributed by atoms with E-state index in [1.807, 2.05) is 0 Å². The van der Waals surface area contributed by atoms with Crippen LogP contribution in [-0.2, 0) is 17.6 Å². The molecule has 190 valence electrons. The van der Waals surface area contributed by atoms with Crippen LogP contribution in [0.15, 0.2) is 55.9 Å². The van der Waals surface area contributed by atoms with E-state index in [9.17, 15) is 14.7 Å². The number of halogens is 2. The normalized spacial score (nSPS) is 12.8. The van der Waals surface area contributed by atoms with Gasteiger partial charge in [0, 0.05) is 9.90 Å². The van der Waals surface area contributed by atoms with Crippen molar-refractivity contribution in [1.82, 2.24) is 15.0 Å². The van der Waals surface area contributed by atoms with Gasteiger partial charge < -0.3 is 9.84 Å². The molecule has 2 aromatic carbocycles. The molecule has 0 atom stereocenters. The van der Waals surface area contributed by atoms with E-state index in [1.165, 1.54) is 18.2 Å². The number of hydrogen-bond donors (Lipinski definition) is 2. The molecule has 0 saturated heterocycles. The van der Waals surface area contributed by atoms with Gasteiger partial charge in [0.25, 0.3) is 11.5 Å². The monoisotopic (exact) mass is 618 g/mol. The van der Waals surface area contributed by atoms with Crippen LogP contribution in [0.2, 0.25) is 5.02 Å². The molecular weight excluding hydrogens is 600 g/mol. The number of thiophene rings is 1. The quantitative estimate of drug-likeness (QED) is 0.126. The summed E-state index contributed by atoms with van der Waals surface area (Å²) in [6.45, 7) is 0. The fraction of sp³-hybridized carbons (Fsp3) is 0.200. The van der Waals surface area contributed by atoms with Gasteiger partial charge in [-0.2, -0.15) is 5.10 Å². The minimum atomic E-state index is -0.364. The van der Waals surface area contributed by atoms with E-state index >= 15 is 0 Å². The summed E-state index contributed by atoms with van der Waals surface area (Å²) in [5.74, 6) is -0.112. The summed E-state index contributed by atoms with van der Waals surface area (Å²) in [5.41, 5.74) is 4.69. The summed E-state index contributed by atoms with van der Waals surface area (Å²) in [7, 11) is 1.44. The van der Waals surface area contributed by atoms with Crippen LogP contribution in [0, 0.1) is 0 Å². The molecule has 0 unspecified atom stereocenters. The lowest BCUT2D eigenvalue weighted by Gasteiger charge is -2.12. The van der Waals surface area contributed by atoms with Gasteiger partial charge in [-0.05, 0) is 82.7 Å². The van der Waals surface area contributed by atoms with Crippen molar-refractivity contribution >= 4 is 73.0 Å². The summed E-state index contributed by atoms with van der Waals surface area (Å²) in [4.78, 5) is 32.9. The number of phenolic OH excluding ortho intramolecular Hbond substituents is 1. The van der Waals surface area contributed by atoms with E-state index in [0.29, 0.717) is 36.1 Å². The maximum atomic E-state index is 13.7. The zero-order valence-corrected chi connectivity index (χ0v) is 23.4. The highest BCUT2D eigenvalue weighted by molar-refractivity contribution is 9.10. The first-order valence-corrected chi connectivity index (χ1v) is 14.2. The van der Waals surface area contributed by atoms with E-state index in [1.54, 1.807) is 52.3 Å². The molecule has 0 bridgehead atoms. The molecule has 12 heteroatoms. The van der Waals surface area contributed by atoms with Crippen molar-refractivity contribution in [2.75, 3.05) is 12.9 Å². The molecule has 5 rings (SSSR count). The van der Waals surface area contributed by atoms with Crippen LogP contribution in [0.3, 0.4) is 0 Å². The van der Waals surface area contributed by atoms with E-state index < -0.39 is 0 Å². The molecule has 0 radical (unpaired) electrons. The Kier molecular flexibility index (Phi) is 7.57. The number of rotatable bonds is 7. The zero-order chi connectivity index (χ0) is 26.1. The molecule has 2 aromatic heterocycles. The Labute approximate surface area is 233 Å². The highest BCUT2D eigenvalue weighted by Gasteiger charge is 2.24. The molecule has 0 saturated carbocycles. The molecule has 1 aliphatic rings. The van der Waals surface area contributed by atoms with Gasteiger partial charge in [0.15, 0.2) is 16.7 Å². The Balaban J connectivity index is 1.38. The Morgan fingerprint density at radius 1 is 1.35 bits per heavy atom. The highest BCUT2D eigenvalue weighted by Crippen LogP contribution is 2.36. The number of phenols is 1. The van der Waals surface area contributed by atoms with Gasteiger partial charge in [-0.3, -0.25) is 14.2 Å². The fourth-order valence-electron chi connectivity index (χ4n) is 4.10. The Bertz CT molecular complexity index is 1600. The largest absolute Gasteiger partial charge is 0.503 e. The maximum Gasteiger partial charge on any atom is 0.267 e. The van der Waals surface area contributed by atoms with Gasteiger partial charge in [0.05, 0.1) is 34.6 Å².